The molecular weight excluding hydrogens is 332 g/mol. The lowest BCUT2D eigenvalue weighted by Gasteiger charge is -2.34. The summed E-state index contributed by atoms with van der Waals surface area (Å²) >= 11 is 0. The summed E-state index contributed by atoms with van der Waals surface area (Å²) in [5, 5.41) is 5.44. The molecule has 0 radical (unpaired) electrons. The molecule has 3 atom stereocenters. The molecule has 26 heavy (non-hydrogen) atoms. The molecule has 6 nitrogen and oxygen atoms in total. The zero-order valence-corrected chi connectivity index (χ0v) is 15.7. The van der Waals surface area contributed by atoms with Gasteiger partial charge in [0.05, 0.1) is 0 Å². The number of aryl methyl sites for hydroxylation is 1. The van der Waals surface area contributed by atoms with E-state index in [2.05, 4.69) is 24.5 Å². The Balaban J connectivity index is 1.68. The third-order valence-corrected chi connectivity index (χ3v) is 5.12. The van der Waals surface area contributed by atoms with Crippen LogP contribution in [0, 0.1) is 18.8 Å². The van der Waals surface area contributed by atoms with Gasteiger partial charge in [0, 0.05) is 11.6 Å². The maximum absolute atomic E-state index is 12.0. The van der Waals surface area contributed by atoms with Crippen LogP contribution < -0.4 is 10.6 Å². The van der Waals surface area contributed by atoms with E-state index in [1.807, 2.05) is 19.1 Å². The second-order valence-electron chi connectivity index (χ2n) is 7.15. The molecule has 0 aromatic heterocycles. The monoisotopic (exact) mass is 360 g/mol. The first-order valence-electron chi connectivity index (χ1n) is 9.16. The van der Waals surface area contributed by atoms with Gasteiger partial charge in [-0.05, 0) is 37.3 Å². The SMILES string of the molecule is Cc1ccc(C(=O)NCC(=O)OCC(=O)N[C@@H]2CCC[C@@H](C)[C@H]2C)cc1. The minimum atomic E-state index is -0.634. The lowest BCUT2D eigenvalue weighted by atomic mass is 9.78. The van der Waals surface area contributed by atoms with E-state index in [0.29, 0.717) is 17.4 Å². The smallest absolute Gasteiger partial charge is 0.325 e. The van der Waals surface area contributed by atoms with Crippen LogP contribution in [0.5, 0.6) is 0 Å². The zero-order valence-electron chi connectivity index (χ0n) is 15.7. The van der Waals surface area contributed by atoms with Crippen molar-refractivity contribution in [2.24, 2.45) is 11.8 Å². The summed E-state index contributed by atoms with van der Waals surface area (Å²) in [4.78, 5) is 35.6. The quantitative estimate of drug-likeness (QED) is 0.762. The molecule has 0 bridgehead atoms. The number of hydrogen-bond acceptors (Lipinski definition) is 4. The van der Waals surface area contributed by atoms with Crippen LogP contribution in [-0.4, -0.2) is 37.0 Å². The lowest BCUT2D eigenvalue weighted by Crippen LogP contribution is -2.45. The average molecular weight is 360 g/mol. The topological polar surface area (TPSA) is 84.5 Å². The number of carbonyl (C=O) groups is 3. The Labute approximate surface area is 154 Å². The number of carbonyl (C=O) groups excluding carboxylic acids is 3. The van der Waals surface area contributed by atoms with Gasteiger partial charge in [-0.3, -0.25) is 14.4 Å². The largest absolute Gasteiger partial charge is 0.454 e. The third-order valence-electron chi connectivity index (χ3n) is 5.12. The van der Waals surface area contributed by atoms with Crippen LogP contribution in [0.2, 0.25) is 0 Å². The summed E-state index contributed by atoms with van der Waals surface area (Å²) in [6, 6.07) is 7.16. The molecule has 1 aliphatic rings. The maximum atomic E-state index is 12.0. The first kappa shape index (κ1) is 19.9. The molecule has 1 saturated carbocycles. The van der Waals surface area contributed by atoms with Gasteiger partial charge in [0.2, 0.25) is 0 Å². The molecule has 1 aromatic rings. The van der Waals surface area contributed by atoms with Gasteiger partial charge in [-0.1, -0.05) is 44.4 Å². The maximum Gasteiger partial charge on any atom is 0.325 e. The first-order valence-corrected chi connectivity index (χ1v) is 9.16. The Morgan fingerprint density at radius 1 is 1.12 bits per heavy atom. The molecule has 0 saturated heterocycles. The third kappa shape index (κ3) is 5.86. The molecule has 1 aliphatic carbocycles. The van der Waals surface area contributed by atoms with Gasteiger partial charge in [0.25, 0.3) is 11.8 Å². The normalized spacial score (nSPS) is 22.3. The lowest BCUT2D eigenvalue weighted by molar-refractivity contribution is -0.147. The number of amides is 2. The van der Waals surface area contributed by atoms with Gasteiger partial charge < -0.3 is 15.4 Å². The van der Waals surface area contributed by atoms with Crippen molar-refractivity contribution < 1.29 is 19.1 Å². The van der Waals surface area contributed by atoms with Crippen LogP contribution in [0.25, 0.3) is 0 Å². The van der Waals surface area contributed by atoms with Gasteiger partial charge in [-0.2, -0.15) is 0 Å². The molecule has 0 unspecified atom stereocenters. The van der Waals surface area contributed by atoms with Gasteiger partial charge in [-0.15, -0.1) is 0 Å². The first-order chi connectivity index (χ1) is 12.4. The summed E-state index contributed by atoms with van der Waals surface area (Å²) in [7, 11) is 0. The van der Waals surface area contributed by atoms with Gasteiger partial charge in [0.1, 0.15) is 6.54 Å². The van der Waals surface area contributed by atoms with E-state index in [9.17, 15) is 14.4 Å². The number of ether oxygens (including phenoxy) is 1. The Morgan fingerprint density at radius 3 is 2.50 bits per heavy atom. The number of nitrogens with one attached hydrogen (secondary N) is 2. The van der Waals surface area contributed by atoms with Crippen molar-refractivity contribution in [1.29, 1.82) is 0 Å². The number of hydrogen-bond donors (Lipinski definition) is 2. The van der Waals surface area contributed by atoms with Crippen LogP contribution >= 0.6 is 0 Å². The summed E-state index contributed by atoms with van der Waals surface area (Å²) in [5.74, 6) is -0.290. The Bertz CT molecular complexity index is 642. The van der Waals surface area contributed by atoms with Crippen molar-refractivity contribution in [2.45, 2.75) is 46.1 Å². The second kappa shape index (κ2) is 9.36. The van der Waals surface area contributed by atoms with E-state index >= 15 is 0 Å². The fourth-order valence-corrected chi connectivity index (χ4v) is 3.19. The van der Waals surface area contributed by atoms with Crippen molar-refractivity contribution in [2.75, 3.05) is 13.2 Å². The van der Waals surface area contributed by atoms with E-state index in [1.165, 1.54) is 6.42 Å². The summed E-state index contributed by atoms with van der Waals surface area (Å²) in [6.45, 7) is 5.67. The Kier molecular flexibility index (Phi) is 7.18. The highest BCUT2D eigenvalue weighted by molar-refractivity contribution is 5.96. The van der Waals surface area contributed by atoms with Crippen molar-refractivity contribution in [1.82, 2.24) is 10.6 Å². The van der Waals surface area contributed by atoms with Gasteiger partial charge >= 0.3 is 5.97 Å². The van der Waals surface area contributed by atoms with Gasteiger partial charge in [-0.25, -0.2) is 0 Å². The highest BCUT2D eigenvalue weighted by Crippen LogP contribution is 2.29. The zero-order chi connectivity index (χ0) is 19.1. The fraction of sp³-hybridized carbons (Fsp3) is 0.550. The van der Waals surface area contributed by atoms with Crippen LogP contribution in [0.3, 0.4) is 0 Å². The molecule has 0 spiro atoms. The highest BCUT2D eigenvalue weighted by atomic mass is 16.5. The summed E-state index contributed by atoms with van der Waals surface area (Å²) in [5.41, 5.74) is 1.52. The molecule has 2 N–H and O–H groups in total. The van der Waals surface area contributed by atoms with Crippen LogP contribution in [0.15, 0.2) is 24.3 Å². The fourth-order valence-electron chi connectivity index (χ4n) is 3.19. The van der Waals surface area contributed by atoms with Crippen molar-refractivity contribution in [3.63, 3.8) is 0 Å². The Morgan fingerprint density at radius 2 is 1.81 bits per heavy atom. The summed E-state index contributed by atoms with van der Waals surface area (Å²) < 4.78 is 4.95. The predicted octanol–water partition coefficient (Wildman–Crippen LogP) is 2.21. The van der Waals surface area contributed by atoms with Crippen molar-refractivity contribution in [3.8, 4) is 0 Å². The molecule has 1 aromatic carbocycles. The average Bonchev–Trinajstić information content (AvgIpc) is 2.62. The van der Waals surface area contributed by atoms with Crippen LogP contribution in [0.1, 0.15) is 49.0 Å². The van der Waals surface area contributed by atoms with E-state index in [4.69, 9.17) is 4.74 Å². The van der Waals surface area contributed by atoms with Crippen molar-refractivity contribution in [3.05, 3.63) is 35.4 Å². The second-order valence-corrected chi connectivity index (χ2v) is 7.15. The van der Waals surface area contributed by atoms with Gasteiger partial charge in [0.15, 0.2) is 6.61 Å². The molecular formula is C20H28N2O4. The number of esters is 1. The number of rotatable bonds is 6. The van der Waals surface area contributed by atoms with E-state index in [1.54, 1.807) is 12.1 Å². The molecule has 2 amide bonds. The minimum Gasteiger partial charge on any atom is -0.454 e. The standard InChI is InChI=1S/C20H28N2O4/c1-13-7-9-16(10-8-13)20(25)21-11-19(24)26-12-18(23)22-17-6-4-5-14(2)15(17)3/h7-10,14-15,17H,4-6,11-12H2,1-3H3,(H,21,25)(H,22,23)/t14-,15-,17-/m1/s1. The number of benzene rings is 1. The van der Waals surface area contributed by atoms with E-state index in [0.717, 1.165) is 18.4 Å². The van der Waals surface area contributed by atoms with E-state index in [-0.39, 0.29) is 31.0 Å². The molecule has 2 rings (SSSR count). The predicted molar refractivity (Wildman–Crippen MR) is 98.6 cm³/mol. The van der Waals surface area contributed by atoms with E-state index < -0.39 is 5.97 Å². The minimum absolute atomic E-state index is 0.131. The molecule has 0 aliphatic heterocycles. The molecule has 0 heterocycles. The molecule has 142 valence electrons. The van der Waals surface area contributed by atoms with Crippen LogP contribution in [-0.2, 0) is 14.3 Å². The molecule has 1 fully saturated rings. The van der Waals surface area contributed by atoms with Crippen LogP contribution in [0.4, 0.5) is 0 Å². The van der Waals surface area contributed by atoms with Crippen molar-refractivity contribution >= 4 is 17.8 Å². The summed E-state index contributed by atoms with van der Waals surface area (Å²) in [6.07, 6.45) is 3.24. The Hall–Kier alpha value is -2.37. The molecule has 6 heteroatoms. The highest BCUT2D eigenvalue weighted by Gasteiger charge is 2.28.